The molecule has 1 aliphatic carbocycles. The molecule has 1 aromatic heterocycles. The normalized spacial score (nSPS) is 24.6. The number of hydrogen-bond acceptors (Lipinski definition) is 4. The van der Waals surface area contributed by atoms with Gasteiger partial charge in [0.25, 0.3) is 5.91 Å². The van der Waals surface area contributed by atoms with Crippen molar-refractivity contribution < 1.29 is 4.79 Å². The molecule has 88 valence electrons. The molecule has 1 aromatic rings. The van der Waals surface area contributed by atoms with Crippen LogP contribution in [-0.2, 0) is 0 Å². The lowest BCUT2D eigenvalue weighted by atomic mass is 10.1. The van der Waals surface area contributed by atoms with Crippen LogP contribution in [0.4, 0.5) is 5.95 Å². The van der Waals surface area contributed by atoms with Gasteiger partial charge in [-0.15, -0.1) is 5.10 Å². The van der Waals surface area contributed by atoms with Crippen LogP contribution in [0.15, 0.2) is 0 Å². The number of aromatic nitrogens is 3. The highest BCUT2D eigenvalue weighted by Crippen LogP contribution is 2.29. The average Bonchev–Trinajstić information content (AvgIpc) is 2.84. The molecule has 4 N–H and O–H groups in total. The lowest BCUT2D eigenvalue weighted by Gasteiger charge is -2.09. The monoisotopic (exact) mass is 223 g/mol. The molecule has 1 heterocycles. The molecule has 6 nitrogen and oxygen atoms in total. The van der Waals surface area contributed by atoms with Crippen molar-refractivity contribution in [3.05, 3.63) is 5.82 Å². The number of carbonyl (C=O) groups excluding carboxylic acids is 1. The molecule has 6 heteroatoms. The summed E-state index contributed by atoms with van der Waals surface area (Å²) in [6.45, 7) is 2.96. The molecule has 0 bridgehead atoms. The number of carbonyl (C=O) groups is 1. The first kappa shape index (κ1) is 10.9. The summed E-state index contributed by atoms with van der Waals surface area (Å²) in [5.41, 5.74) is 5.32. The first-order chi connectivity index (χ1) is 7.65. The first-order valence-electron chi connectivity index (χ1n) is 5.61. The number of aromatic amines is 1. The fraction of sp³-hybridized carbons (Fsp3) is 0.700. The van der Waals surface area contributed by atoms with E-state index in [1.54, 1.807) is 0 Å². The van der Waals surface area contributed by atoms with Crippen LogP contribution in [0.3, 0.4) is 0 Å². The fourth-order valence-corrected chi connectivity index (χ4v) is 2.21. The van der Waals surface area contributed by atoms with E-state index in [2.05, 4.69) is 27.4 Å². The highest BCUT2D eigenvalue weighted by atomic mass is 16.2. The number of nitrogens with zero attached hydrogens (tertiary/aromatic N) is 2. The van der Waals surface area contributed by atoms with E-state index in [9.17, 15) is 4.79 Å². The van der Waals surface area contributed by atoms with Crippen molar-refractivity contribution in [2.75, 3.05) is 12.3 Å². The van der Waals surface area contributed by atoms with Gasteiger partial charge in [0.05, 0.1) is 0 Å². The summed E-state index contributed by atoms with van der Waals surface area (Å²) in [6, 6.07) is 0. The van der Waals surface area contributed by atoms with Gasteiger partial charge in [-0.2, -0.15) is 4.98 Å². The lowest BCUT2D eigenvalue weighted by molar-refractivity contribution is 0.0937. The third-order valence-electron chi connectivity index (χ3n) is 3.07. The Hall–Kier alpha value is -1.59. The summed E-state index contributed by atoms with van der Waals surface area (Å²) in [5, 5.41) is 8.95. The smallest absolute Gasteiger partial charge is 0.288 e. The van der Waals surface area contributed by atoms with Crippen LogP contribution in [0, 0.1) is 11.8 Å². The number of nitrogens with one attached hydrogen (secondary N) is 2. The minimum Gasteiger partial charge on any atom is -0.366 e. The quantitative estimate of drug-likeness (QED) is 0.697. The standard InChI is InChI=1S/C10H17N5O/c1-6-2-3-7(4-6)5-12-9(16)8-13-10(11)15-14-8/h6-7H,2-5H2,1H3,(H,12,16)(H3,11,13,14,15). The summed E-state index contributed by atoms with van der Waals surface area (Å²) in [7, 11) is 0. The number of amides is 1. The summed E-state index contributed by atoms with van der Waals surface area (Å²) < 4.78 is 0. The lowest BCUT2D eigenvalue weighted by Crippen LogP contribution is -2.29. The van der Waals surface area contributed by atoms with Crippen LogP contribution in [0.2, 0.25) is 0 Å². The van der Waals surface area contributed by atoms with Gasteiger partial charge in [-0.25, -0.2) is 0 Å². The van der Waals surface area contributed by atoms with E-state index < -0.39 is 0 Å². The van der Waals surface area contributed by atoms with Gasteiger partial charge in [-0.05, 0) is 24.7 Å². The molecule has 0 radical (unpaired) electrons. The maximum atomic E-state index is 11.6. The summed E-state index contributed by atoms with van der Waals surface area (Å²) in [4.78, 5) is 15.4. The Morgan fingerprint density at radius 3 is 3.00 bits per heavy atom. The summed E-state index contributed by atoms with van der Waals surface area (Å²) in [6.07, 6.45) is 3.65. The van der Waals surface area contributed by atoms with E-state index in [-0.39, 0.29) is 17.7 Å². The molecule has 2 atom stereocenters. The number of hydrogen-bond donors (Lipinski definition) is 3. The van der Waals surface area contributed by atoms with Gasteiger partial charge in [-0.1, -0.05) is 13.3 Å². The van der Waals surface area contributed by atoms with Crippen LogP contribution in [0.5, 0.6) is 0 Å². The Morgan fingerprint density at radius 2 is 2.44 bits per heavy atom. The Bertz CT molecular complexity index is 375. The average molecular weight is 223 g/mol. The van der Waals surface area contributed by atoms with Crippen molar-refractivity contribution in [3.63, 3.8) is 0 Å². The van der Waals surface area contributed by atoms with Crippen molar-refractivity contribution in [3.8, 4) is 0 Å². The third kappa shape index (κ3) is 2.50. The zero-order valence-electron chi connectivity index (χ0n) is 9.36. The number of anilines is 1. The molecule has 1 amide bonds. The minimum atomic E-state index is -0.233. The maximum absolute atomic E-state index is 11.6. The molecular formula is C10H17N5O. The molecule has 2 unspecified atom stereocenters. The largest absolute Gasteiger partial charge is 0.366 e. The molecule has 1 aliphatic rings. The van der Waals surface area contributed by atoms with Crippen molar-refractivity contribution in [1.82, 2.24) is 20.5 Å². The molecule has 0 saturated heterocycles. The second kappa shape index (κ2) is 4.51. The molecule has 0 aliphatic heterocycles. The zero-order valence-corrected chi connectivity index (χ0v) is 9.36. The molecular weight excluding hydrogens is 206 g/mol. The Labute approximate surface area is 94.0 Å². The van der Waals surface area contributed by atoms with Gasteiger partial charge < -0.3 is 11.1 Å². The second-order valence-electron chi connectivity index (χ2n) is 4.54. The van der Waals surface area contributed by atoms with Crippen molar-refractivity contribution >= 4 is 11.9 Å². The van der Waals surface area contributed by atoms with Crippen molar-refractivity contribution in [2.24, 2.45) is 11.8 Å². The van der Waals surface area contributed by atoms with Gasteiger partial charge in [0.2, 0.25) is 11.8 Å². The van der Waals surface area contributed by atoms with Crippen LogP contribution < -0.4 is 11.1 Å². The van der Waals surface area contributed by atoms with Gasteiger partial charge >= 0.3 is 0 Å². The van der Waals surface area contributed by atoms with Crippen molar-refractivity contribution in [2.45, 2.75) is 26.2 Å². The number of rotatable bonds is 3. The molecule has 16 heavy (non-hydrogen) atoms. The highest BCUT2D eigenvalue weighted by molar-refractivity contribution is 5.90. The van der Waals surface area contributed by atoms with E-state index in [4.69, 9.17) is 5.73 Å². The molecule has 1 fully saturated rings. The van der Waals surface area contributed by atoms with E-state index in [1.165, 1.54) is 19.3 Å². The topological polar surface area (TPSA) is 96.7 Å². The van der Waals surface area contributed by atoms with Crippen LogP contribution >= 0.6 is 0 Å². The zero-order chi connectivity index (χ0) is 11.5. The van der Waals surface area contributed by atoms with E-state index in [0.29, 0.717) is 12.5 Å². The Kier molecular flexibility index (Phi) is 3.07. The predicted molar refractivity (Wildman–Crippen MR) is 59.6 cm³/mol. The molecule has 0 spiro atoms. The van der Waals surface area contributed by atoms with Crippen LogP contribution in [0.1, 0.15) is 36.8 Å². The van der Waals surface area contributed by atoms with E-state index in [0.717, 1.165) is 5.92 Å². The van der Waals surface area contributed by atoms with Crippen molar-refractivity contribution in [1.29, 1.82) is 0 Å². The molecule has 2 rings (SSSR count). The Balaban J connectivity index is 1.80. The van der Waals surface area contributed by atoms with Crippen LogP contribution in [0.25, 0.3) is 0 Å². The van der Waals surface area contributed by atoms with Gasteiger partial charge in [0.1, 0.15) is 0 Å². The third-order valence-corrected chi connectivity index (χ3v) is 3.07. The fourth-order valence-electron chi connectivity index (χ4n) is 2.21. The van der Waals surface area contributed by atoms with Gasteiger partial charge in [-0.3, -0.25) is 9.89 Å². The van der Waals surface area contributed by atoms with Gasteiger partial charge in [0, 0.05) is 6.54 Å². The second-order valence-corrected chi connectivity index (χ2v) is 4.54. The number of nitrogens with two attached hydrogens (primary N) is 1. The van der Waals surface area contributed by atoms with Gasteiger partial charge in [0.15, 0.2) is 0 Å². The number of nitrogen functional groups attached to an aromatic ring is 1. The minimum absolute atomic E-state index is 0.0969. The predicted octanol–water partition coefficient (Wildman–Crippen LogP) is 0.553. The summed E-state index contributed by atoms with van der Waals surface area (Å²) >= 11 is 0. The first-order valence-corrected chi connectivity index (χ1v) is 5.61. The van der Waals surface area contributed by atoms with E-state index >= 15 is 0 Å². The highest BCUT2D eigenvalue weighted by Gasteiger charge is 2.22. The van der Waals surface area contributed by atoms with Crippen LogP contribution in [-0.4, -0.2) is 27.6 Å². The van der Waals surface area contributed by atoms with E-state index in [1.807, 2.05) is 0 Å². The summed E-state index contributed by atoms with van der Waals surface area (Å²) in [5.74, 6) is 1.42. The number of H-pyrrole nitrogens is 1. The molecule has 0 aromatic carbocycles. The SMILES string of the molecule is CC1CCC(CNC(=O)c2nc(N)n[nH]2)C1. The Morgan fingerprint density at radius 1 is 1.62 bits per heavy atom. The maximum Gasteiger partial charge on any atom is 0.288 e. The molecule has 1 saturated carbocycles.